The zero-order valence-electron chi connectivity index (χ0n) is 14.9. The van der Waals surface area contributed by atoms with Crippen molar-refractivity contribution in [1.29, 1.82) is 0 Å². The number of nitrogens with zero attached hydrogens (tertiary/aromatic N) is 1. The summed E-state index contributed by atoms with van der Waals surface area (Å²) in [6, 6.07) is 8.89. The Morgan fingerprint density at radius 3 is 2.56 bits per heavy atom. The molecule has 0 aliphatic carbocycles. The van der Waals surface area contributed by atoms with E-state index in [1.165, 1.54) is 50.4 Å². The maximum Gasteiger partial charge on any atom is 0.271 e. The largest absolute Gasteiger partial charge is 0.495 e. The molecule has 0 saturated heterocycles. The zero-order chi connectivity index (χ0) is 20.2. The molecular formula is C17H19N3O6S. The van der Waals surface area contributed by atoms with Crippen LogP contribution < -0.4 is 14.8 Å². The molecule has 0 aromatic heterocycles. The van der Waals surface area contributed by atoms with E-state index in [-0.39, 0.29) is 22.0 Å². The van der Waals surface area contributed by atoms with Gasteiger partial charge in [0.05, 0.1) is 18.1 Å². The number of nitrogens with one attached hydrogen (secondary N) is 2. The smallest absolute Gasteiger partial charge is 0.271 e. The van der Waals surface area contributed by atoms with Crippen molar-refractivity contribution in [1.82, 2.24) is 4.72 Å². The van der Waals surface area contributed by atoms with Crippen molar-refractivity contribution in [2.75, 3.05) is 12.4 Å². The molecule has 0 heterocycles. The molecule has 0 radical (unpaired) electrons. The maximum absolute atomic E-state index is 12.6. The Morgan fingerprint density at radius 1 is 1.22 bits per heavy atom. The molecule has 0 unspecified atom stereocenters. The van der Waals surface area contributed by atoms with Gasteiger partial charge in [-0.05, 0) is 37.6 Å². The number of rotatable bonds is 7. The fraction of sp³-hybridized carbons (Fsp3) is 0.235. The second-order valence-electron chi connectivity index (χ2n) is 5.79. The van der Waals surface area contributed by atoms with Crippen molar-refractivity contribution < 1.29 is 22.9 Å². The summed E-state index contributed by atoms with van der Waals surface area (Å²) in [5, 5.41) is 13.2. The first kappa shape index (κ1) is 20.3. The van der Waals surface area contributed by atoms with Crippen LogP contribution in [0.3, 0.4) is 0 Å². The van der Waals surface area contributed by atoms with Crippen molar-refractivity contribution in [3.63, 3.8) is 0 Å². The minimum atomic E-state index is -4.03. The molecule has 10 heteroatoms. The van der Waals surface area contributed by atoms with Crippen LogP contribution in [0.4, 0.5) is 11.4 Å². The molecule has 27 heavy (non-hydrogen) atoms. The molecule has 2 rings (SSSR count). The third-order valence-corrected chi connectivity index (χ3v) is 5.22. The number of carbonyl (C=O) groups is 1. The number of amides is 1. The number of hydrogen-bond donors (Lipinski definition) is 2. The van der Waals surface area contributed by atoms with Gasteiger partial charge in [0, 0.05) is 17.8 Å². The van der Waals surface area contributed by atoms with Gasteiger partial charge in [-0.3, -0.25) is 14.9 Å². The molecule has 0 saturated carbocycles. The highest BCUT2D eigenvalue weighted by atomic mass is 32.2. The second kappa shape index (κ2) is 8.14. The van der Waals surface area contributed by atoms with Crippen LogP contribution in [0.15, 0.2) is 47.4 Å². The van der Waals surface area contributed by atoms with Crippen LogP contribution in [0.2, 0.25) is 0 Å². The molecule has 0 fully saturated rings. The van der Waals surface area contributed by atoms with E-state index in [1.54, 1.807) is 13.0 Å². The van der Waals surface area contributed by atoms with Gasteiger partial charge in [-0.2, -0.15) is 4.72 Å². The summed E-state index contributed by atoms with van der Waals surface area (Å²) < 4.78 is 32.6. The summed E-state index contributed by atoms with van der Waals surface area (Å²) in [5.41, 5.74) is 0.712. The summed E-state index contributed by atoms with van der Waals surface area (Å²) >= 11 is 0. The SMILES string of the molecule is COc1ccc(C)cc1S(=O)(=O)N[C@@H](C)C(=O)Nc1cccc([N+](=O)[O-])c1. The van der Waals surface area contributed by atoms with Gasteiger partial charge in [-0.15, -0.1) is 0 Å². The first-order valence-corrected chi connectivity index (χ1v) is 9.34. The molecular weight excluding hydrogens is 374 g/mol. The van der Waals surface area contributed by atoms with E-state index < -0.39 is 26.9 Å². The van der Waals surface area contributed by atoms with Gasteiger partial charge in [-0.1, -0.05) is 12.1 Å². The number of benzene rings is 2. The van der Waals surface area contributed by atoms with Gasteiger partial charge in [-0.25, -0.2) is 8.42 Å². The average Bonchev–Trinajstić information content (AvgIpc) is 2.61. The molecule has 0 bridgehead atoms. The van der Waals surface area contributed by atoms with Gasteiger partial charge >= 0.3 is 0 Å². The van der Waals surface area contributed by atoms with Crippen molar-refractivity contribution in [3.05, 3.63) is 58.1 Å². The highest BCUT2D eigenvalue weighted by Gasteiger charge is 2.25. The Morgan fingerprint density at radius 2 is 1.93 bits per heavy atom. The lowest BCUT2D eigenvalue weighted by Crippen LogP contribution is -2.41. The number of aryl methyl sites for hydroxylation is 1. The van der Waals surface area contributed by atoms with Gasteiger partial charge in [0.15, 0.2) is 0 Å². The molecule has 1 atom stereocenters. The molecule has 2 N–H and O–H groups in total. The van der Waals surface area contributed by atoms with E-state index in [1.807, 2.05) is 0 Å². The number of sulfonamides is 1. The lowest BCUT2D eigenvalue weighted by Gasteiger charge is -2.16. The topological polar surface area (TPSA) is 128 Å². The van der Waals surface area contributed by atoms with E-state index >= 15 is 0 Å². The fourth-order valence-corrected chi connectivity index (χ4v) is 3.75. The van der Waals surface area contributed by atoms with Crippen LogP contribution in [0.1, 0.15) is 12.5 Å². The third kappa shape index (κ3) is 5.02. The molecule has 0 spiro atoms. The Kier molecular flexibility index (Phi) is 6.13. The van der Waals surface area contributed by atoms with Gasteiger partial charge in [0.1, 0.15) is 10.6 Å². The summed E-state index contributed by atoms with van der Waals surface area (Å²) in [7, 11) is -2.68. The average molecular weight is 393 g/mol. The Bertz CT molecular complexity index is 974. The number of hydrogen-bond acceptors (Lipinski definition) is 6. The van der Waals surface area contributed by atoms with Crippen LogP contribution >= 0.6 is 0 Å². The number of anilines is 1. The van der Waals surface area contributed by atoms with Gasteiger partial charge < -0.3 is 10.1 Å². The Labute approximate surface area is 156 Å². The predicted octanol–water partition coefficient (Wildman–Crippen LogP) is 2.22. The molecule has 1 amide bonds. The van der Waals surface area contributed by atoms with Crippen LogP contribution in [-0.4, -0.2) is 32.4 Å². The number of nitro benzene ring substituents is 1. The quantitative estimate of drug-likeness (QED) is 0.548. The standard InChI is InChI=1S/C17H19N3O6S/c1-11-7-8-15(26-3)16(9-11)27(24,25)19-12(2)17(21)18-13-5-4-6-14(10-13)20(22)23/h4-10,12,19H,1-3H3,(H,18,21)/t12-/m0/s1. The first-order valence-electron chi connectivity index (χ1n) is 7.86. The van der Waals surface area contributed by atoms with E-state index in [9.17, 15) is 23.3 Å². The number of non-ortho nitro benzene ring substituents is 1. The zero-order valence-corrected chi connectivity index (χ0v) is 15.7. The van der Waals surface area contributed by atoms with E-state index in [4.69, 9.17) is 4.74 Å². The molecule has 2 aromatic rings. The summed E-state index contributed by atoms with van der Waals surface area (Å²) in [6.07, 6.45) is 0. The summed E-state index contributed by atoms with van der Waals surface area (Å²) in [4.78, 5) is 22.4. The fourth-order valence-electron chi connectivity index (χ4n) is 2.29. The van der Waals surface area contributed by atoms with Crippen molar-refractivity contribution in [3.8, 4) is 5.75 Å². The van der Waals surface area contributed by atoms with Crippen LogP contribution in [0.25, 0.3) is 0 Å². The van der Waals surface area contributed by atoms with Crippen molar-refractivity contribution in [2.45, 2.75) is 24.8 Å². The monoisotopic (exact) mass is 393 g/mol. The van der Waals surface area contributed by atoms with Crippen molar-refractivity contribution >= 4 is 27.3 Å². The lowest BCUT2D eigenvalue weighted by molar-refractivity contribution is -0.384. The van der Waals surface area contributed by atoms with Crippen LogP contribution in [-0.2, 0) is 14.8 Å². The Hall–Kier alpha value is -2.98. The minimum absolute atomic E-state index is 0.0833. The Balaban J connectivity index is 2.17. The summed E-state index contributed by atoms with van der Waals surface area (Å²) in [5.74, 6) is -0.509. The maximum atomic E-state index is 12.6. The predicted molar refractivity (Wildman–Crippen MR) is 99.2 cm³/mol. The minimum Gasteiger partial charge on any atom is -0.495 e. The molecule has 144 valence electrons. The van der Waals surface area contributed by atoms with Gasteiger partial charge in [0.2, 0.25) is 15.9 Å². The first-order chi connectivity index (χ1) is 12.6. The van der Waals surface area contributed by atoms with E-state index in [2.05, 4.69) is 10.0 Å². The third-order valence-electron chi connectivity index (χ3n) is 3.66. The van der Waals surface area contributed by atoms with Crippen molar-refractivity contribution in [2.24, 2.45) is 0 Å². The van der Waals surface area contributed by atoms with E-state index in [0.29, 0.717) is 5.56 Å². The molecule has 9 nitrogen and oxygen atoms in total. The summed E-state index contributed by atoms with van der Waals surface area (Å²) in [6.45, 7) is 3.10. The molecule has 0 aliphatic heterocycles. The van der Waals surface area contributed by atoms with E-state index in [0.717, 1.165) is 0 Å². The highest BCUT2D eigenvalue weighted by molar-refractivity contribution is 7.89. The molecule has 2 aromatic carbocycles. The van der Waals surface area contributed by atoms with Crippen LogP contribution in [0.5, 0.6) is 5.75 Å². The number of methoxy groups -OCH3 is 1. The molecule has 0 aliphatic rings. The van der Waals surface area contributed by atoms with Gasteiger partial charge in [0.25, 0.3) is 5.69 Å². The lowest BCUT2D eigenvalue weighted by atomic mass is 10.2. The van der Waals surface area contributed by atoms with Crippen LogP contribution in [0, 0.1) is 17.0 Å². The normalized spacial score (nSPS) is 12.3. The highest BCUT2D eigenvalue weighted by Crippen LogP contribution is 2.25. The number of nitro groups is 1. The number of carbonyl (C=O) groups excluding carboxylic acids is 1. The second-order valence-corrected chi connectivity index (χ2v) is 7.48. The number of ether oxygens (including phenoxy) is 1.